The normalized spacial score (nSPS) is 34.8. The number of likely N-dealkylation sites (tertiary alicyclic amines) is 1. The van der Waals surface area contributed by atoms with Gasteiger partial charge < -0.3 is 10.2 Å². The molecule has 3 aliphatic rings. The molecular weight excluding hydrogens is 222 g/mol. The van der Waals surface area contributed by atoms with E-state index in [1.807, 2.05) is 0 Å². The first kappa shape index (κ1) is 12.9. The lowest BCUT2D eigenvalue weighted by Crippen LogP contribution is -2.54. The van der Waals surface area contributed by atoms with Crippen molar-refractivity contribution in [3.63, 3.8) is 0 Å². The van der Waals surface area contributed by atoms with Crippen LogP contribution in [0.15, 0.2) is 0 Å². The summed E-state index contributed by atoms with van der Waals surface area (Å²) in [7, 11) is 2.29. The van der Waals surface area contributed by atoms with Crippen LogP contribution < -0.4 is 5.32 Å². The van der Waals surface area contributed by atoms with Gasteiger partial charge in [0.05, 0.1) is 0 Å². The molecule has 1 N–H and O–H groups in total. The van der Waals surface area contributed by atoms with Gasteiger partial charge in [0.1, 0.15) is 0 Å². The molecule has 0 bridgehead atoms. The monoisotopic (exact) mass is 251 g/mol. The highest BCUT2D eigenvalue weighted by Gasteiger charge is 2.38. The summed E-state index contributed by atoms with van der Waals surface area (Å²) in [6.45, 7) is 6.45. The molecule has 0 aromatic carbocycles. The third-order valence-electron chi connectivity index (χ3n) is 5.30. The van der Waals surface area contributed by atoms with Crippen molar-refractivity contribution in [1.29, 1.82) is 0 Å². The largest absolute Gasteiger partial charge is 0.310 e. The fraction of sp³-hybridized carbons (Fsp3) is 1.00. The molecule has 0 radical (unpaired) electrons. The fourth-order valence-corrected chi connectivity index (χ4v) is 4.29. The average Bonchev–Trinajstić information content (AvgIpc) is 2.70. The smallest absolute Gasteiger partial charge is 0.0308 e. The van der Waals surface area contributed by atoms with Gasteiger partial charge in [0.15, 0.2) is 0 Å². The lowest BCUT2D eigenvalue weighted by molar-refractivity contribution is 0.0937. The van der Waals surface area contributed by atoms with Crippen LogP contribution >= 0.6 is 0 Å². The second kappa shape index (κ2) is 5.48. The number of likely N-dealkylation sites (N-methyl/N-ethyl adjacent to an activating group) is 1. The molecule has 0 aromatic heterocycles. The fourth-order valence-electron chi connectivity index (χ4n) is 4.29. The van der Waals surface area contributed by atoms with Gasteiger partial charge in [-0.05, 0) is 58.8 Å². The molecule has 0 amide bonds. The summed E-state index contributed by atoms with van der Waals surface area (Å²) in [5.74, 6) is 0. The summed E-state index contributed by atoms with van der Waals surface area (Å²) in [6, 6.07) is 0.820. The van der Waals surface area contributed by atoms with Crippen molar-refractivity contribution in [2.75, 3.05) is 39.8 Å². The summed E-state index contributed by atoms with van der Waals surface area (Å²) in [6.07, 6.45) is 9.83. The van der Waals surface area contributed by atoms with Crippen LogP contribution in [-0.2, 0) is 0 Å². The number of rotatable bonds is 1. The molecule has 2 saturated heterocycles. The minimum Gasteiger partial charge on any atom is -0.310 e. The van der Waals surface area contributed by atoms with Crippen LogP contribution in [-0.4, -0.2) is 61.2 Å². The van der Waals surface area contributed by atoms with E-state index >= 15 is 0 Å². The number of hydrogen-bond donors (Lipinski definition) is 1. The molecule has 2 heterocycles. The lowest BCUT2D eigenvalue weighted by atomic mass is 9.95. The Morgan fingerprint density at radius 3 is 2.67 bits per heavy atom. The average molecular weight is 251 g/mol. The Balaban J connectivity index is 1.66. The van der Waals surface area contributed by atoms with Gasteiger partial charge in [0, 0.05) is 24.7 Å². The first-order valence-corrected chi connectivity index (χ1v) is 7.95. The SMILES string of the molecule is CN1CCCC(N2CCCNC3(CCCC3)C2)C1. The molecule has 3 heteroatoms. The van der Waals surface area contributed by atoms with E-state index in [0.29, 0.717) is 5.54 Å². The van der Waals surface area contributed by atoms with Crippen LogP contribution in [0.4, 0.5) is 0 Å². The summed E-state index contributed by atoms with van der Waals surface area (Å²) in [5.41, 5.74) is 0.479. The van der Waals surface area contributed by atoms with Crippen LogP contribution in [0.5, 0.6) is 0 Å². The Bertz CT molecular complexity index is 273. The topological polar surface area (TPSA) is 18.5 Å². The molecule has 3 nitrogen and oxygen atoms in total. The van der Waals surface area contributed by atoms with E-state index in [-0.39, 0.29) is 0 Å². The Hall–Kier alpha value is -0.120. The zero-order valence-electron chi connectivity index (χ0n) is 12.0. The standard InChI is InChI=1S/C15H29N3/c1-17-10-4-6-14(12-17)18-11-5-9-16-15(13-18)7-2-3-8-15/h14,16H,2-13H2,1H3. The van der Waals surface area contributed by atoms with Crippen LogP contribution in [0.25, 0.3) is 0 Å². The summed E-state index contributed by atoms with van der Waals surface area (Å²) < 4.78 is 0. The van der Waals surface area contributed by atoms with Crippen molar-refractivity contribution >= 4 is 0 Å². The molecule has 3 rings (SSSR count). The molecule has 0 aromatic rings. The Kier molecular flexibility index (Phi) is 3.92. The van der Waals surface area contributed by atoms with Crippen molar-refractivity contribution in [2.24, 2.45) is 0 Å². The van der Waals surface area contributed by atoms with E-state index in [1.54, 1.807) is 0 Å². The van der Waals surface area contributed by atoms with Crippen LogP contribution in [0.3, 0.4) is 0 Å². The predicted molar refractivity (Wildman–Crippen MR) is 75.9 cm³/mol. The van der Waals surface area contributed by atoms with Crippen molar-refractivity contribution in [2.45, 2.75) is 56.5 Å². The Labute approximate surface area is 112 Å². The zero-order chi connectivity index (χ0) is 12.4. The van der Waals surface area contributed by atoms with Gasteiger partial charge in [-0.2, -0.15) is 0 Å². The molecule has 18 heavy (non-hydrogen) atoms. The van der Waals surface area contributed by atoms with Gasteiger partial charge >= 0.3 is 0 Å². The first-order valence-electron chi connectivity index (χ1n) is 7.95. The molecule has 3 fully saturated rings. The van der Waals surface area contributed by atoms with Gasteiger partial charge in [0.2, 0.25) is 0 Å². The summed E-state index contributed by atoms with van der Waals surface area (Å²) in [4.78, 5) is 5.34. The maximum Gasteiger partial charge on any atom is 0.0308 e. The van der Waals surface area contributed by atoms with Gasteiger partial charge in [-0.15, -0.1) is 0 Å². The van der Waals surface area contributed by atoms with Gasteiger partial charge in [-0.1, -0.05) is 12.8 Å². The lowest BCUT2D eigenvalue weighted by Gasteiger charge is -2.41. The van der Waals surface area contributed by atoms with Crippen molar-refractivity contribution < 1.29 is 0 Å². The van der Waals surface area contributed by atoms with Crippen LogP contribution in [0.1, 0.15) is 44.9 Å². The molecule has 1 atom stereocenters. The third kappa shape index (κ3) is 2.73. The van der Waals surface area contributed by atoms with Crippen LogP contribution in [0.2, 0.25) is 0 Å². The van der Waals surface area contributed by atoms with Gasteiger partial charge in [-0.25, -0.2) is 0 Å². The highest BCUT2D eigenvalue weighted by Crippen LogP contribution is 2.33. The second-order valence-corrected chi connectivity index (χ2v) is 6.80. The molecule has 1 aliphatic carbocycles. The highest BCUT2D eigenvalue weighted by molar-refractivity contribution is 4.98. The molecular formula is C15H29N3. The van der Waals surface area contributed by atoms with Gasteiger partial charge in [0.25, 0.3) is 0 Å². The van der Waals surface area contributed by atoms with E-state index in [2.05, 4.69) is 22.2 Å². The van der Waals surface area contributed by atoms with E-state index < -0.39 is 0 Å². The van der Waals surface area contributed by atoms with Crippen LogP contribution in [0, 0.1) is 0 Å². The van der Waals surface area contributed by atoms with Gasteiger partial charge in [-0.3, -0.25) is 4.90 Å². The molecule has 2 aliphatic heterocycles. The summed E-state index contributed by atoms with van der Waals surface area (Å²) in [5, 5.41) is 3.88. The third-order valence-corrected chi connectivity index (χ3v) is 5.30. The molecule has 1 unspecified atom stereocenters. The quantitative estimate of drug-likeness (QED) is 0.765. The van der Waals surface area contributed by atoms with Crippen molar-refractivity contribution in [3.05, 3.63) is 0 Å². The number of piperidine rings is 1. The van der Waals surface area contributed by atoms with E-state index in [1.165, 1.54) is 77.7 Å². The number of nitrogens with zero attached hydrogens (tertiary/aromatic N) is 2. The Morgan fingerprint density at radius 1 is 1.06 bits per heavy atom. The van der Waals surface area contributed by atoms with Crippen molar-refractivity contribution in [3.8, 4) is 0 Å². The minimum atomic E-state index is 0.479. The number of nitrogens with one attached hydrogen (secondary N) is 1. The maximum atomic E-state index is 3.88. The van der Waals surface area contributed by atoms with E-state index in [9.17, 15) is 0 Å². The molecule has 1 spiro atoms. The molecule has 104 valence electrons. The van der Waals surface area contributed by atoms with E-state index in [0.717, 1.165) is 6.04 Å². The maximum absolute atomic E-state index is 3.88. The predicted octanol–water partition coefficient (Wildman–Crippen LogP) is 1.69. The first-order chi connectivity index (χ1) is 8.77. The van der Waals surface area contributed by atoms with E-state index in [4.69, 9.17) is 0 Å². The Morgan fingerprint density at radius 2 is 1.89 bits per heavy atom. The summed E-state index contributed by atoms with van der Waals surface area (Å²) >= 11 is 0. The molecule has 1 saturated carbocycles. The highest BCUT2D eigenvalue weighted by atomic mass is 15.3. The number of hydrogen-bond acceptors (Lipinski definition) is 3. The zero-order valence-corrected chi connectivity index (χ0v) is 12.0. The minimum absolute atomic E-state index is 0.479. The second-order valence-electron chi connectivity index (χ2n) is 6.80. The van der Waals surface area contributed by atoms with Crippen molar-refractivity contribution in [1.82, 2.24) is 15.1 Å².